The molecular weight excluding hydrogens is 348 g/mol. The third kappa shape index (κ3) is 5.08. The van der Waals surface area contributed by atoms with Gasteiger partial charge in [-0.05, 0) is 36.4 Å². The van der Waals surface area contributed by atoms with Gasteiger partial charge in [0.05, 0.1) is 20.3 Å². The van der Waals surface area contributed by atoms with Gasteiger partial charge in [0.15, 0.2) is 0 Å². The highest BCUT2D eigenvalue weighted by Gasteiger charge is 2.08. The molecule has 138 valence electrons. The van der Waals surface area contributed by atoms with Crippen LogP contribution in [0.3, 0.4) is 0 Å². The third-order valence-corrected chi connectivity index (χ3v) is 3.43. The first-order valence-electron chi connectivity index (χ1n) is 8.04. The summed E-state index contributed by atoms with van der Waals surface area (Å²) in [5.74, 6) is 1.15. The molecule has 0 spiro atoms. The van der Waals surface area contributed by atoms with E-state index >= 15 is 0 Å². The summed E-state index contributed by atoms with van der Waals surface area (Å²) in [5, 5.41) is 5.48. The number of hydrogen-bond donors (Lipinski definition) is 2. The van der Waals surface area contributed by atoms with Gasteiger partial charge >= 0.3 is 12.0 Å². The monoisotopic (exact) mass is 366 g/mol. The number of aromatic nitrogens is 2. The second-order valence-electron chi connectivity index (χ2n) is 5.31. The molecule has 8 nitrogen and oxygen atoms in total. The van der Waals surface area contributed by atoms with Gasteiger partial charge in [0, 0.05) is 11.4 Å². The molecule has 1 aromatic heterocycles. The first kappa shape index (κ1) is 18.0. The Hall–Kier alpha value is -3.81. The van der Waals surface area contributed by atoms with Gasteiger partial charge in [-0.15, -0.1) is 0 Å². The number of anilines is 2. The maximum atomic E-state index is 12.0. The van der Waals surface area contributed by atoms with Crippen LogP contribution in [0, 0.1) is 0 Å². The van der Waals surface area contributed by atoms with Crippen molar-refractivity contribution in [3.63, 3.8) is 0 Å². The summed E-state index contributed by atoms with van der Waals surface area (Å²) in [4.78, 5) is 20.2. The summed E-state index contributed by atoms with van der Waals surface area (Å²) in [6, 6.07) is 17.3. The Morgan fingerprint density at radius 2 is 1.37 bits per heavy atom. The molecule has 2 N–H and O–H groups in total. The number of rotatable bonds is 6. The fraction of sp³-hybridized carbons (Fsp3) is 0.105. The minimum absolute atomic E-state index is 0.0914. The number of ether oxygens (including phenoxy) is 3. The molecule has 0 aliphatic rings. The summed E-state index contributed by atoms with van der Waals surface area (Å²) in [7, 11) is 2.99. The largest absolute Gasteiger partial charge is 0.481 e. The van der Waals surface area contributed by atoms with Crippen LogP contribution in [0.5, 0.6) is 23.5 Å². The number of carbonyl (C=O) groups excluding carboxylic acids is 1. The SMILES string of the molecule is COc1cc(OC)nc(Oc2ccc(NC(=O)Nc3ccccc3)cc2)n1. The average Bonchev–Trinajstić information content (AvgIpc) is 2.70. The van der Waals surface area contributed by atoms with Gasteiger partial charge in [0.25, 0.3) is 0 Å². The summed E-state index contributed by atoms with van der Waals surface area (Å²) in [6.45, 7) is 0. The first-order chi connectivity index (χ1) is 13.2. The Balaban J connectivity index is 1.62. The smallest absolute Gasteiger partial charge is 0.328 e. The van der Waals surface area contributed by atoms with E-state index in [1.165, 1.54) is 14.2 Å². The molecule has 0 radical (unpaired) electrons. The van der Waals surface area contributed by atoms with Crippen molar-refractivity contribution in [1.29, 1.82) is 0 Å². The molecule has 0 fully saturated rings. The van der Waals surface area contributed by atoms with Crippen molar-refractivity contribution in [1.82, 2.24) is 9.97 Å². The molecule has 0 atom stereocenters. The van der Waals surface area contributed by atoms with Gasteiger partial charge in [0.1, 0.15) is 5.75 Å². The lowest BCUT2D eigenvalue weighted by Crippen LogP contribution is -2.19. The number of benzene rings is 2. The van der Waals surface area contributed by atoms with Crippen molar-refractivity contribution in [2.24, 2.45) is 0 Å². The minimum Gasteiger partial charge on any atom is -0.481 e. The fourth-order valence-corrected chi connectivity index (χ4v) is 2.17. The Labute approximate surface area is 156 Å². The van der Waals surface area contributed by atoms with Crippen LogP contribution >= 0.6 is 0 Å². The average molecular weight is 366 g/mol. The van der Waals surface area contributed by atoms with E-state index in [1.807, 2.05) is 18.2 Å². The van der Waals surface area contributed by atoms with Crippen molar-refractivity contribution < 1.29 is 19.0 Å². The maximum absolute atomic E-state index is 12.0. The molecule has 0 unspecified atom stereocenters. The van der Waals surface area contributed by atoms with Crippen molar-refractivity contribution >= 4 is 17.4 Å². The lowest BCUT2D eigenvalue weighted by atomic mass is 10.3. The zero-order valence-electron chi connectivity index (χ0n) is 14.8. The van der Waals surface area contributed by atoms with Gasteiger partial charge in [-0.2, -0.15) is 9.97 Å². The summed E-state index contributed by atoms with van der Waals surface area (Å²) in [6.07, 6.45) is 0. The summed E-state index contributed by atoms with van der Waals surface area (Å²) in [5.41, 5.74) is 1.32. The Bertz CT molecular complexity index is 879. The number of para-hydroxylation sites is 1. The lowest BCUT2D eigenvalue weighted by Gasteiger charge is -2.09. The number of nitrogens with zero attached hydrogens (tertiary/aromatic N) is 2. The van der Waals surface area contributed by atoms with Crippen molar-refractivity contribution in [2.75, 3.05) is 24.9 Å². The Kier molecular flexibility index (Phi) is 5.68. The Morgan fingerprint density at radius 1 is 0.815 bits per heavy atom. The number of amides is 2. The van der Waals surface area contributed by atoms with Crippen LogP contribution in [0.15, 0.2) is 60.7 Å². The highest BCUT2D eigenvalue weighted by Crippen LogP contribution is 2.24. The van der Waals surface area contributed by atoms with Crippen molar-refractivity contribution in [3.8, 4) is 23.5 Å². The quantitative estimate of drug-likeness (QED) is 0.686. The molecule has 1 heterocycles. The number of hydrogen-bond acceptors (Lipinski definition) is 6. The molecule has 0 saturated heterocycles. The normalized spacial score (nSPS) is 10.0. The van der Waals surface area contributed by atoms with Crippen LogP contribution in [0.1, 0.15) is 0 Å². The first-order valence-corrected chi connectivity index (χ1v) is 8.04. The maximum Gasteiger partial charge on any atom is 0.328 e. The molecule has 0 bridgehead atoms. The lowest BCUT2D eigenvalue weighted by molar-refractivity contribution is 0.262. The van der Waals surface area contributed by atoms with E-state index in [4.69, 9.17) is 14.2 Å². The van der Waals surface area contributed by atoms with Gasteiger partial charge in [-0.1, -0.05) is 18.2 Å². The number of nitrogens with one attached hydrogen (secondary N) is 2. The highest BCUT2D eigenvalue weighted by molar-refractivity contribution is 5.99. The molecule has 0 saturated carbocycles. The van der Waals surface area contributed by atoms with E-state index in [0.29, 0.717) is 28.9 Å². The van der Waals surface area contributed by atoms with Crippen LogP contribution in [-0.4, -0.2) is 30.2 Å². The van der Waals surface area contributed by atoms with E-state index in [0.717, 1.165) is 0 Å². The number of carbonyl (C=O) groups is 1. The second-order valence-corrected chi connectivity index (χ2v) is 5.31. The highest BCUT2D eigenvalue weighted by atomic mass is 16.5. The van der Waals surface area contributed by atoms with E-state index in [1.54, 1.807) is 42.5 Å². The number of urea groups is 1. The predicted molar refractivity (Wildman–Crippen MR) is 101 cm³/mol. The van der Waals surface area contributed by atoms with Crippen molar-refractivity contribution in [3.05, 3.63) is 60.7 Å². The van der Waals surface area contributed by atoms with E-state index in [-0.39, 0.29) is 12.0 Å². The molecule has 3 rings (SSSR count). The van der Waals surface area contributed by atoms with Crippen LogP contribution in [-0.2, 0) is 0 Å². The van der Waals surface area contributed by atoms with Crippen molar-refractivity contribution in [2.45, 2.75) is 0 Å². The van der Waals surface area contributed by atoms with Crippen LogP contribution in [0.4, 0.5) is 16.2 Å². The van der Waals surface area contributed by atoms with Crippen LogP contribution < -0.4 is 24.8 Å². The number of methoxy groups -OCH3 is 2. The van der Waals surface area contributed by atoms with Gasteiger partial charge in [-0.3, -0.25) is 0 Å². The third-order valence-electron chi connectivity index (χ3n) is 3.43. The summed E-state index contributed by atoms with van der Waals surface area (Å²) < 4.78 is 15.8. The van der Waals surface area contributed by atoms with Crippen LogP contribution in [0.2, 0.25) is 0 Å². The zero-order valence-corrected chi connectivity index (χ0v) is 14.8. The fourth-order valence-electron chi connectivity index (χ4n) is 2.17. The molecule has 0 aliphatic heterocycles. The minimum atomic E-state index is -0.337. The topological polar surface area (TPSA) is 94.6 Å². The van der Waals surface area contributed by atoms with E-state index < -0.39 is 0 Å². The molecule has 0 aliphatic carbocycles. The predicted octanol–water partition coefficient (Wildman–Crippen LogP) is 3.93. The molecule has 3 aromatic rings. The van der Waals surface area contributed by atoms with Gasteiger partial charge in [0.2, 0.25) is 11.8 Å². The molecule has 27 heavy (non-hydrogen) atoms. The Morgan fingerprint density at radius 3 is 1.93 bits per heavy atom. The molecule has 2 aromatic carbocycles. The molecular formula is C19H18N4O4. The van der Waals surface area contributed by atoms with E-state index in [2.05, 4.69) is 20.6 Å². The molecule has 8 heteroatoms. The van der Waals surface area contributed by atoms with E-state index in [9.17, 15) is 4.79 Å². The summed E-state index contributed by atoms with van der Waals surface area (Å²) >= 11 is 0. The van der Waals surface area contributed by atoms with Gasteiger partial charge in [-0.25, -0.2) is 4.79 Å². The second kappa shape index (κ2) is 8.52. The molecule has 2 amide bonds. The standard InChI is InChI=1S/C19H18N4O4/c1-25-16-12-17(26-2)23-19(22-16)27-15-10-8-14(9-11-15)21-18(24)20-13-6-4-3-5-7-13/h3-12H,1-2H3,(H2,20,21,24). The van der Waals surface area contributed by atoms with Gasteiger partial charge < -0.3 is 24.8 Å². The zero-order chi connectivity index (χ0) is 19.1. The van der Waals surface area contributed by atoms with Crippen LogP contribution in [0.25, 0.3) is 0 Å².